The lowest BCUT2D eigenvalue weighted by Crippen LogP contribution is -2.39. The van der Waals surface area contributed by atoms with Gasteiger partial charge in [0.25, 0.3) is 0 Å². The van der Waals surface area contributed by atoms with Crippen molar-refractivity contribution in [2.75, 3.05) is 5.88 Å². The molecule has 0 bridgehead atoms. The number of hydrogen-bond donors (Lipinski definition) is 0. The molecule has 1 unspecified atom stereocenters. The number of nitrogens with zero attached hydrogens (tertiary/aromatic N) is 2. The zero-order valence-electron chi connectivity index (χ0n) is 9.09. The van der Waals surface area contributed by atoms with Gasteiger partial charge in [-0.3, -0.25) is 0 Å². The molecule has 0 amide bonds. The number of hydrogen-bond acceptors (Lipinski definition) is 2. The smallest absolute Gasteiger partial charge is 0.198 e. The van der Waals surface area contributed by atoms with Gasteiger partial charge in [0.05, 0.1) is 18.5 Å². The van der Waals surface area contributed by atoms with Gasteiger partial charge in [0, 0.05) is 16.5 Å². The molecule has 0 aliphatic rings. The number of rotatable bonds is 5. The Labute approximate surface area is 131 Å². The van der Waals surface area contributed by atoms with Crippen LogP contribution in [-0.2, 0) is 4.46 Å². The molecule has 0 aliphatic heterocycles. The van der Waals surface area contributed by atoms with Crippen molar-refractivity contribution in [2.45, 2.75) is 16.9 Å². The molecule has 0 radical (unpaired) electrons. The Bertz CT molecular complexity index is 443. The Morgan fingerprint density at radius 1 is 1.33 bits per heavy atom. The summed E-state index contributed by atoms with van der Waals surface area (Å²) in [7, 11) is 0. The third-order valence-corrected chi connectivity index (χ3v) is 4.45. The highest BCUT2D eigenvalue weighted by Crippen LogP contribution is 2.43. The highest BCUT2D eigenvalue weighted by Gasteiger charge is 2.39. The van der Waals surface area contributed by atoms with Crippen LogP contribution in [0.5, 0.6) is 0 Å². The molecular formula is C11H9Cl5N2. The van der Waals surface area contributed by atoms with Crippen LogP contribution in [0.2, 0.25) is 5.02 Å². The molecule has 0 N–H and O–H groups in total. The Morgan fingerprint density at radius 3 is 2.44 bits per heavy atom. The predicted octanol–water partition coefficient (Wildman–Crippen LogP) is 4.90. The predicted molar refractivity (Wildman–Crippen MR) is 77.3 cm³/mol. The first kappa shape index (κ1) is 16.2. The Balaban J connectivity index is 3.06. The highest BCUT2D eigenvalue weighted by molar-refractivity contribution is 6.50. The highest BCUT2D eigenvalue weighted by atomic mass is 35.5. The molecule has 1 aromatic rings. The molecule has 0 aliphatic carbocycles. The molecule has 0 fully saturated rings. The van der Waals surface area contributed by atoms with E-state index in [1.165, 1.54) is 0 Å². The zero-order valence-corrected chi connectivity index (χ0v) is 12.9. The summed E-state index contributed by atoms with van der Waals surface area (Å²) in [6, 6.07) is 8.31. The van der Waals surface area contributed by atoms with Crippen LogP contribution in [0.4, 0.5) is 0 Å². The average molecular weight is 346 g/mol. The average Bonchev–Trinajstić information content (AvgIpc) is 2.35. The van der Waals surface area contributed by atoms with Crippen molar-refractivity contribution in [3.05, 3.63) is 34.9 Å². The van der Waals surface area contributed by atoms with Crippen molar-refractivity contribution in [3.8, 4) is 6.07 Å². The molecule has 0 saturated carbocycles. The van der Waals surface area contributed by atoms with Crippen molar-refractivity contribution < 1.29 is 0 Å². The van der Waals surface area contributed by atoms with E-state index < -0.39 is 10.5 Å². The van der Waals surface area contributed by atoms with Crippen LogP contribution >= 0.6 is 58.2 Å². The lowest BCUT2D eigenvalue weighted by molar-refractivity contribution is 0.315. The topological polar surface area (TPSA) is 27.0 Å². The first-order valence-electron chi connectivity index (χ1n) is 4.96. The molecular weight excluding hydrogens is 337 g/mol. The van der Waals surface area contributed by atoms with E-state index in [2.05, 4.69) is 0 Å². The third-order valence-electron chi connectivity index (χ3n) is 2.29. The molecule has 0 spiro atoms. The van der Waals surface area contributed by atoms with Crippen LogP contribution in [-0.4, -0.2) is 16.3 Å². The minimum absolute atomic E-state index is 0.110. The lowest BCUT2D eigenvalue weighted by Gasteiger charge is -2.33. The molecule has 1 aromatic carbocycles. The maximum absolute atomic E-state index is 8.70. The maximum atomic E-state index is 8.70. The summed E-state index contributed by atoms with van der Waals surface area (Å²) in [5.74, 6) is 0.128. The van der Waals surface area contributed by atoms with Crippen LogP contribution in [0.25, 0.3) is 0 Å². The summed E-state index contributed by atoms with van der Waals surface area (Å²) in [5.41, 5.74) is 0.443. The molecule has 1 atom stereocenters. The van der Waals surface area contributed by atoms with Crippen molar-refractivity contribution in [3.63, 3.8) is 0 Å². The van der Waals surface area contributed by atoms with E-state index in [9.17, 15) is 0 Å². The summed E-state index contributed by atoms with van der Waals surface area (Å²) in [4.78, 5) is 0. The van der Waals surface area contributed by atoms with E-state index in [0.29, 0.717) is 10.6 Å². The molecule has 98 valence electrons. The van der Waals surface area contributed by atoms with Crippen molar-refractivity contribution in [2.24, 2.45) is 0 Å². The first-order chi connectivity index (χ1) is 8.45. The van der Waals surface area contributed by atoms with E-state index in [0.717, 1.165) is 4.42 Å². The minimum atomic E-state index is -1.56. The largest absolute Gasteiger partial charge is 0.211 e. The second kappa shape index (κ2) is 7.05. The monoisotopic (exact) mass is 344 g/mol. The Hall–Kier alpha value is 0.120. The minimum Gasteiger partial charge on any atom is -0.198 e. The lowest BCUT2D eigenvalue weighted by atomic mass is 10.2. The van der Waals surface area contributed by atoms with Crippen LogP contribution in [0.15, 0.2) is 24.3 Å². The molecule has 0 heterocycles. The summed E-state index contributed by atoms with van der Waals surface area (Å²) in [5, 5.41) is 9.09. The van der Waals surface area contributed by atoms with Crippen molar-refractivity contribution >= 4 is 58.2 Å². The Morgan fingerprint density at radius 2 is 1.94 bits per heavy atom. The van der Waals surface area contributed by atoms with E-state index in [4.69, 9.17) is 63.4 Å². The number of alkyl halides is 3. The van der Waals surface area contributed by atoms with Crippen LogP contribution in [0, 0.1) is 11.3 Å². The summed E-state index contributed by atoms with van der Waals surface area (Å²) in [6.45, 7) is 0. The van der Waals surface area contributed by atoms with Gasteiger partial charge < -0.3 is 0 Å². The van der Waals surface area contributed by atoms with Gasteiger partial charge in [0.15, 0.2) is 0 Å². The van der Waals surface area contributed by atoms with E-state index in [-0.39, 0.29) is 12.3 Å². The number of halogens is 5. The number of nitriles is 1. The first-order valence-corrected chi connectivity index (χ1v) is 6.96. The molecule has 0 saturated heterocycles. The second-order valence-corrected chi connectivity index (χ2v) is 5.87. The fourth-order valence-corrected chi connectivity index (χ4v) is 2.87. The normalized spacial score (nSPS) is 13.4. The second-order valence-electron chi connectivity index (χ2n) is 3.50. The van der Waals surface area contributed by atoms with Gasteiger partial charge in [-0.05, 0) is 17.8 Å². The van der Waals surface area contributed by atoms with Gasteiger partial charge in [-0.15, -0.1) is 11.6 Å². The van der Waals surface area contributed by atoms with Gasteiger partial charge in [-0.2, -0.15) is 9.68 Å². The van der Waals surface area contributed by atoms with Gasteiger partial charge in [-0.25, -0.2) is 0 Å². The molecule has 1 rings (SSSR count). The van der Waals surface area contributed by atoms with Crippen LogP contribution < -0.4 is 0 Å². The maximum Gasteiger partial charge on any atom is 0.211 e. The molecule has 18 heavy (non-hydrogen) atoms. The quantitative estimate of drug-likeness (QED) is 0.430. The standard InChI is InChI=1S/C11H9Cl5N2/c12-7-8(5-6-17)18(16)11(14,15)9-3-1-2-4-10(9)13/h1-4,8H,5,7H2. The van der Waals surface area contributed by atoms with Gasteiger partial charge in [-0.1, -0.05) is 53.0 Å². The fourth-order valence-electron chi connectivity index (χ4n) is 1.35. The summed E-state index contributed by atoms with van der Waals surface area (Å²) < 4.78 is -0.441. The fraction of sp³-hybridized carbons (Fsp3) is 0.364. The molecule has 2 nitrogen and oxygen atoms in total. The zero-order chi connectivity index (χ0) is 13.8. The van der Waals surface area contributed by atoms with E-state index in [1.54, 1.807) is 24.3 Å². The summed E-state index contributed by atoms with van der Waals surface area (Å²) >= 11 is 30.3. The summed E-state index contributed by atoms with van der Waals surface area (Å²) in [6.07, 6.45) is 0.110. The third kappa shape index (κ3) is 3.57. The Kier molecular flexibility index (Phi) is 6.34. The SMILES string of the molecule is N#CCC(CCl)N(Cl)C(Cl)(Cl)c1ccccc1Cl. The van der Waals surface area contributed by atoms with Gasteiger partial charge >= 0.3 is 0 Å². The van der Waals surface area contributed by atoms with Crippen LogP contribution in [0.3, 0.4) is 0 Å². The molecule has 7 heteroatoms. The molecule has 0 aromatic heterocycles. The van der Waals surface area contributed by atoms with Crippen LogP contribution in [0.1, 0.15) is 12.0 Å². The van der Waals surface area contributed by atoms with Crippen molar-refractivity contribution in [1.82, 2.24) is 4.42 Å². The number of benzene rings is 1. The van der Waals surface area contributed by atoms with E-state index >= 15 is 0 Å². The van der Waals surface area contributed by atoms with Gasteiger partial charge in [0.1, 0.15) is 0 Å². The van der Waals surface area contributed by atoms with E-state index in [1.807, 2.05) is 6.07 Å². The van der Waals surface area contributed by atoms with Crippen molar-refractivity contribution in [1.29, 1.82) is 5.26 Å². The van der Waals surface area contributed by atoms with Gasteiger partial charge in [0.2, 0.25) is 4.46 Å².